The van der Waals surface area contributed by atoms with Crippen LogP contribution in [0.4, 0.5) is 5.69 Å². The number of aryl methyl sites for hydroxylation is 1. The highest BCUT2D eigenvalue weighted by molar-refractivity contribution is 6.30. The van der Waals surface area contributed by atoms with Crippen LogP contribution in [0.25, 0.3) is 22.8 Å². The van der Waals surface area contributed by atoms with E-state index in [2.05, 4.69) is 15.1 Å². The van der Waals surface area contributed by atoms with Crippen molar-refractivity contribution in [3.8, 4) is 22.8 Å². The van der Waals surface area contributed by atoms with E-state index in [9.17, 15) is 0 Å². The molecule has 0 fully saturated rings. The molecule has 0 atom stereocenters. The van der Waals surface area contributed by atoms with E-state index in [1.165, 1.54) is 0 Å². The van der Waals surface area contributed by atoms with Crippen molar-refractivity contribution in [3.63, 3.8) is 0 Å². The van der Waals surface area contributed by atoms with Crippen LogP contribution in [0, 0.1) is 6.92 Å². The van der Waals surface area contributed by atoms with Gasteiger partial charge in [-0.3, -0.25) is 0 Å². The maximum absolute atomic E-state index is 5.90. The molecule has 0 radical (unpaired) electrons. The number of aliphatic imine (C=N–C) groups is 1. The van der Waals surface area contributed by atoms with Gasteiger partial charge in [-0.15, -0.1) is 0 Å². The Morgan fingerprint density at radius 2 is 1.79 bits per heavy atom. The van der Waals surface area contributed by atoms with Gasteiger partial charge in [0.25, 0.3) is 5.89 Å². The normalized spacial score (nSPS) is 11.2. The minimum atomic E-state index is 0.467. The van der Waals surface area contributed by atoms with Gasteiger partial charge in [-0.1, -0.05) is 16.8 Å². The fourth-order valence-electron chi connectivity index (χ4n) is 2.17. The molecule has 0 saturated carbocycles. The molecule has 24 heavy (non-hydrogen) atoms. The van der Waals surface area contributed by atoms with Crippen molar-refractivity contribution in [3.05, 3.63) is 53.1 Å². The number of hydrogen-bond donors (Lipinski definition) is 0. The van der Waals surface area contributed by atoms with E-state index < -0.39 is 0 Å². The molecule has 0 aliphatic carbocycles. The average Bonchev–Trinajstić information content (AvgIpc) is 3.04. The van der Waals surface area contributed by atoms with E-state index in [1.54, 1.807) is 18.5 Å². The van der Waals surface area contributed by atoms with E-state index in [0.717, 1.165) is 22.4 Å². The van der Waals surface area contributed by atoms with Gasteiger partial charge in [0.05, 0.1) is 12.0 Å². The summed E-state index contributed by atoms with van der Waals surface area (Å²) in [7, 11) is 3.87. The van der Waals surface area contributed by atoms with Crippen LogP contribution in [0.15, 0.2) is 52.0 Å². The second-order valence-electron chi connectivity index (χ2n) is 5.64. The molecular weight excluding hydrogens is 324 g/mol. The quantitative estimate of drug-likeness (QED) is 0.515. The van der Waals surface area contributed by atoms with Gasteiger partial charge >= 0.3 is 0 Å². The van der Waals surface area contributed by atoms with Crippen LogP contribution in [-0.2, 0) is 0 Å². The minimum Gasteiger partial charge on any atom is -0.369 e. The zero-order valence-electron chi connectivity index (χ0n) is 13.7. The first-order valence-corrected chi connectivity index (χ1v) is 7.82. The van der Waals surface area contributed by atoms with E-state index in [4.69, 9.17) is 16.1 Å². The van der Waals surface area contributed by atoms with Gasteiger partial charge < -0.3 is 9.42 Å². The Kier molecular flexibility index (Phi) is 4.62. The molecule has 0 amide bonds. The van der Waals surface area contributed by atoms with Gasteiger partial charge in [0.15, 0.2) is 0 Å². The summed E-state index contributed by atoms with van der Waals surface area (Å²) >= 11 is 5.90. The van der Waals surface area contributed by atoms with Gasteiger partial charge in [0.2, 0.25) is 5.82 Å². The van der Waals surface area contributed by atoms with Crippen LogP contribution >= 0.6 is 11.6 Å². The summed E-state index contributed by atoms with van der Waals surface area (Å²) in [5.41, 5.74) is 3.68. The number of aromatic nitrogens is 2. The monoisotopic (exact) mass is 340 g/mol. The van der Waals surface area contributed by atoms with Crippen molar-refractivity contribution in [2.45, 2.75) is 6.92 Å². The zero-order chi connectivity index (χ0) is 17.1. The Bertz CT molecular complexity index is 869. The van der Waals surface area contributed by atoms with E-state index in [1.807, 2.05) is 56.3 Å². The average molecular weight is 341 g/mol. The molecule has 6 heteroatoms. The molecule has 0 aliphatic rings. The predicted molar refractivity (Wildman–Crippen MR) is 96.8 cm³/mol. The fraction of sp³-hybridized carbons (Fsp3) is 0.167. The van der Waals surface area contributed by atoms with Crippen LogP contribution < -0.4 is 0 Å². The van der Waals surface area contributed by atoms with Crippen LogP contribution in [0.2, 0.25) is 5.02 Å². The first kappa shape index (κ1) is 16.2. The largest absolute Gasteiger partial charge is 0.369 e. The summed E-state index contributed by atoms with van der Waals surface area (Å²) in [6.45, 7) is 2.01. The molecule has 1 heterocycles. The maximum atomic E-state index is 5.90. The first-order chi connectivity index (χ1) is 11.5. The van der Waals surface area contributed by atoms with Crippen LogP contribution in [-0.4, -0.2) is 35.5 Å². The molecule has 0 saturated heterocycles. The molecule has 2 aromatic carbocycles. The van der Waals surface area contributed by atoms with Gasteiger partial charge in [-0.25, -0.2) is 4.99 Å². The van der Waals surface area contributed by atoms with Crippen molar-refractivity contribution in [2.75, 3.05) is 14.1 Å². The molecule has 0 spiro atoms. The first-order valence-electron chi connectivity index (χ1n) is 7.44. The third kappa shape index (κ3) is 3.63. The molecular formula is C18H17ClN4O. The Morgan fingerprint density at radius 1 is 1.08 bits per heavy atom. The lowest BCUT2D eigenvalue weighted by molar-refractivity contribution is 0.432. The predicted octanol–water partition coefficient (Wildman–Crippen LogP) is 4.59. The number of benzene rings is 2. The van der Waals surface area contributed by atoms with E-state index in [-0.39, 0.29) is 0 Å². The van der Waals surface area contributed by atoms with Crippen LogP contribution in [0.1, 0.15) is 5.56 Å². The van der Waals surface area contributed by atoms with Crippen molar-refractivity contribution < 1.29 is 4.52 Å². The number of rotatable bonds is 4. The lowest BCUT2D eigenvalue weighted by Gasteiger charge is -2.05. The molecule has 122 valence electrons. The van der Waals surface area contributed by atoms with Gasteiger partial charge in [0.1, 0.15) is 0 Å². The van der Waals surface area contributed by atoms with Gasteiger partial charge in [-0.05, 0) is 55.0 Å². The molecule has 3 rings (SSSR count). The van der Waals surface area contributed by atoms with Gasteiger partial charge in [-0.2, -0.15) is 4.98 Å². The standard InChI is InChI=1S/C18H17ClN4O/c1-12-10-14(6-9-16(12)20-11-23(2)3)17-21-18(24-22-17)13-4-7-15(19)8-5-13/h4-11H,1-3H3. The molecule has 3 aromatic rings. The summed E-state index contributed by atoms with van der Waals surface area (Å²) < 4.78 is 5.35. The number of hydrogen-bond acceptors (Lipinski definition) is 4. The Hall–Kier alpha value is -2.66. The molecule has 1 aromatic heterocycles. The van der Waals surface area contributed by atoms with Crippen LogP contribution in [0.3, 0.4) is 0 Å². The molecule has 0 bridgehead atoms. The topological polar surface area (TPSA) is 54.5 Å². The van der Waals surface area contributed by atoms with Crippen molar-refractivity contribution >= 4 is 23.6 Å². The molecule has 0 N–H and O–H groups in total. The molecule has 0 unspecified atom stereocenters. The SMILES string of the molecule is Cc1cc(-c2noc(-c3ccc(Cl)cc3)n2)ccc1N=CN(C)C. The van der Waals surface area contributed by atoms with Crippen molar-refractivity contribution in [1.82, 2.24) is 15.0 Å². The fourth-order valence-corrected chi connectivity index (χ4v) is 2.29. The number of halogens is 1. The minimum absolute atomic E-state index is 0.467. The van der Waals surface area contributed by atoms with E-state index >= 15 is 0 Å². The smallest absolute Gasteiger partial charge is 0.258 e. The van der Waals surface area contributed by atoms with Crippen LogP contribution in [0.5, 0.6) is 0 Å². The summed E-state index contributed by atoms with van der Waals surface area (Å²) in [6, 6.07) is 13.2. The third-order valence-electron chi connectivity index (χ3n) is 3.40. The summed E-state index contributed by atoms with van der Waals surface area (Å²) in [5.74, 6) is 1.01. The Morgan fingerprint density at radius 3 is 2.46 bits per heavy atom. The molecule has 0 aliphatic heterocycles. The maximum Gasteiger partial charge on any atom is 0.258 e. The molecule has 5 nitrogen and oxygen atoms in total. The Labute approximate surface area is 145 Å². The summed E-state index contributed by atoms with van der Waals surface area (Å²) in [6.07, 6.45) is 1.77. The second kappa shape index (κ2) is 6.84. The van der Waals surface area contributed by atoms with Crippen molar-refractivity contribution in [2.24, 2.45) is 4.99 Å². The van der Waals surface area contributed by atoms with Gasteiger partial charge in [0, 0.05) is 30.2 Å². The zero-order valence-corrected chi connectivity index (χ0v) is 14.4. The third-order valence-corrected chi connectivity index (χ3v) is 3.65. The number of nitrogens with zero attached hydrogens (tertiary/aromatic N) is 4. The lowest BCUT2D eigenvalue weighted by Crippen LogP contribution is -2.07. The highest BCUT2D eigenvalue weighted by Crippen LogP contribution is 2.27. The highest BCUT2D eigenvalue weighted by Gasteiger charge is 2.11. The lowest BCUT2D eigenvalue weighted by atomic mass is 10.1. The second-order valence-corrected chi connectivity index (χ2v) is 6.08. The highest BCUT2D eigenvalue weighted by atomic mass is 35.5. The summed E-state index contributed by atoms with van der Waals surface area (Å²) in [5, 5.41) is 4.73. The summed E-state index contributed by atoms with van der Waals surface area (Å²) in [4.78, 5) is 10.8. The Balaban J connectivity index is 1.87. The van der Waals surface area contributed by atoms with Crippen molar-refractivity contribution in [1.29, 1.82) is 0 Å². The van der Waals surface area contributed by atoms with E-state index in [0.29, 0.717) is 16.7 Å².